The summed E-state index contributed by atoms with van der Waals surface area (Å²) in [5.41, 5.74) is 2.74. The number of nitrogens with one attached hydrogen (secondary N) is 1. The standard InChI is InChI=1S/C13H23N3/c1-10(2)6-8-16-9-14-11-5-7-15-13(3,4)12(11)16/h9-10,15H,5-8H2,1-4H3. The minimum Gasteiger partial charge on any atom is -0.333 e. The molecule has 0 saturated heterocycles. The zero-order chi connectivity index (χ0) is 11.8. The van der Waals surface area contributed by atoms with Crippen molar-refractivity contribution in [3.05, 3.63) is 17.7 Å². The Morgan fingerprint density at radius 2 is 2.25 bits per heavy atom. The summed E-state index contributed by atoms with van der Waals surface area (Å²) >= 11 is 0. The SMILES string of the molecule is CC(C)CCn1cnc2c1C(C)(C)NCC2. The van der Waals surface area contributed by atoms with Gasteiger partial charge in [0.25, 0.3) is 0 Å². The number of imidazole rings is 1. The highest BCUT2D eigenvalue weighted by molar-refractivity contribution is 5.24. The highest BCUT2D eigenvalue weighted by Gasteiger charge is 2.31. The third-order valence-electron chi connectivity index (χ3n) is 3.38. The Labute approximate surface area is 98.3 Å². The summed E-state index contributed by atoms with van der Waals surface area (Å²) < 4.78 is 2.33. The van der Waals surface area contributed by atoms with Gasteiger partial charge in [-0.15, -0.1) is 0 Å². The predicted octanol–water partition coefficient (Wildman–Crippen LogP) is 2.31. The molecule has 1 aromatic rings. The maximum atomic E-state index is 4.55. The van der Waals surface area contributed by atoms with E-state index in [1.54, 1.807) is 0 Å². The van der Waals surface area contributed by atoms with Gasteiger partial charge in [-0.1, -0.05) is 13.8 Å². The van der Waals surface area contributed by atoms with Crippen LogP contribution in [0.4, 0.5) is 0 Å². The molecule has 1 aliphatic heterocycles. The first kappa shape index (κ1) is 11.6. The molecular formula is C13H23N3. The molecule has 90 valence electrons. The minimum absolute atomic E-state index is 0.0705. The van der Waals surface area contributed by atoms with Crippen LogP contribution in [-0.4, -0.2) is 16.1 Å². The number of hydrogen-bond acceptors (Lipinski definition) is 2. The summed E-state index contributed by atoms with van der Waals surface area (Å²) in [5.74, 6) is 0.748. The van der Waals surface area contributed by atoms with Crippen molar-refractivity contribution >= 4 is 0 Å². The van der Waals surface area contributed by atoms with E-state index in [1.807, 2.05) is 6.33 Å². The van der Waals surface area contributed by atoms with Gasteiger partial charge in [0.15, 0.2) is 0 Å². The maximum absolute atomic E-state index is 4.55. The van der Waals surface area contributed by atoms with Crippen LogP contribution in [0.5, 0.6) is 0 Å². The van der Waals surface area contributed by atoms with Crippen LogP contribution in [0.25, 0.3) is 0 Å². The number of rotatable bonds is 3. The summed E-state index contributed by atoms with van der Waals surface area (Å²) in [4.78, 5) is 4.55. The molecule has 1 N–H and O–H groups in total. The molecule has 1 aliphatic rings. The third kappa shape index (κ3) is 2.14. The van der Waals surface area contributed by atoms with Crippen LogP contribution in [-0.2, 0) is 18.5 Å². The predicted molar refractivity (Wildman–Crippen MR) is 66.4 cm³/mol. The van der Waals surface area contributed by atoms with Crippen LogP contribution in [0, 0.1) is 5.92 Å². The Morgan fingerprint density at radius 3 is 2.94 bits per heavy atom. The summed E-state index contributed by atoms with van der Waals surface area (Å²) in [6.45, 7) is 11.2. The Balaban J connectivity index is 2.24. The molecule has 3 heteroatoms. The second-order valence-electron chi connectivity index (χ2n) is 5.72. The van der Waals surface area contributed by atoms with Crippen LogP contribution in [0.1, 0.15) is 45.5 Å². The van der Waals surface area contributed by atoms with Gasteiger partial charge in [0.1, 0.15) is 0 Å². The van der Waals surface area contributed by atoms with Crippen molar-refractivity contribution < 1.29 is 0 Å². The van der Waals surface area contributed by atoms with E-state index in [0.717, 1.165) is 25.4 Å². The number of fused-ring (bicyclic) bond motifs is 1. The van der Waals surface area contributed by atoms with Crippen LogP contribution >= 0.6 is 0 Å². The zero-order valence-electron chi connectivity index (χ0n) is 10.9. The van der Waals surface area contributed by atoms with Gasteiger partial charge in [0, 0.05) is 19.5 Å². The highest BCUT2D eigenvalue weighted by atomic mass is 15.1. The number of nitrogens with zero attached hydrogens (tertiary/aromatic N) is 2. The van der Waals surface area contributed by atoms with Crippen molar-refractivity contribution in [3.63, 3.8) is 0 Å². The summed E-state index contributed by atoms with van der Waals surface area (Å²) in [6.07, 6.45) is 4.30. The lowest BCUT2D eigenvalue weighted by Crippen LogP contribution is -2.44. The zero-order valence-corrected chi connectivity index (χ0v) is 10.9. The molecule has 0 spiro atoms. The molecule has 0 atom stereocenters. The molecular weight excluding hydrogens is 198 g/mol. The van der Waals surface area contributed by atoms with Crippen molar-refractivity contribution in [3.8, 4) is 0 Å². The van der Waals surface area contributed by atoms with Crippen LogP contribution < -0.4 is 5.32 Å². The van der Waals surface area contributed by atoms with Gasteiger partial charge >= 0.3 is 0 Å². The monoisotopic (exact) mass is 221 g/mol. The van der Waals surface area contributed by atoms with Crippen molar-refractivity contribution in [2.75, 3.05) is 6.54 Å². The van der Waals surface area contributed by atoms with E-state index >= 15 is 0 Å². The van der Waals surface area contributed by atoms with Gasteiger partial charge in [-0.2, -0.15) is 0 Å². The minimum atomic E-state index is 0.0705. The van der Waals surface area contributed by atoms with Gasteiger partial charge in [-0.05, 0) is 26.2 Å². The Bertz CT molecular complexity index is 363. The first-order valence-corrected chi connectivity index (χ1v) is 6.30. The lowest BCUT2D eigenvalue weighted by Gasteiger charge is -2.32. The third-order valence-corrected chi connectivity index (χ3v) is 3.38. The van der Waals surface area contributed by atoms with Gasteiger partial charge < -0.3 is 9.88 Å². The van der Waals surface area contributed by atoms with Crippen molar-refractivity contribution in [1.29, 1.82) is 0 Å². The lowest BCUT2D eigenvalue weighted by atomic mass is 9.93. The molecule has 16 heavy (non-hydrogen) atoms. The summed E-state index contributed by atoms with van der Waals surface area (Å²) in [5, 5.41) is 3.57. The van der Waals surface area contributed by atoms with Gasteiger partial charge in [0.05, 0.1) is 23.3 Å². The maximum Gasteiger partial charge on any atom is 0.0952 e. The normalized spacial score (nSPS) is 18.8. The summed E-state index contributed by atoms with van der Waals surface area (Å²) in [7, 11) is 0. The van der Waals surface area contributed by atoms with E-state index in [1.165, 1.54) is 17.8 Å². The molecule has 0 aromatic carbocycles. The Kier molecular flexibility index (Phi) is 3.06. The fourth-order valence-electron chi connectivity index (χ4n) is 2.47. The first-order valence-electron chi connectivity index (χ1n) is 6.30. The Hall–Kier alpha value is -0.830. The molecule has 0 unspecified atom stereocenters. The quantitative estimate of drug-likeness (QED) is 0.849. The largest absolute Gasteiger partial charge is 0.333 e. The van der Waals surface area contributed by atoms with E-state index in [0.29, 0.717) is 0 Å². The smallest absolute Gasteiger partial charge is 0.0952 e. The first-order chi connectivity index (χ1) is 7.50. The molecule has 0 amide bonds. The van der Waals surface area contributed by atoms with Crippen LogP contribution in [0.15, 0.2) is 6.33 Å². The molecule has 0 fully saturated rings. The Morgan fingerprint density at radius 1 is 1.50 bits per heavy atom. The molecule has 0 aliphatic carbocycles. The van der Waals surface area contributed by atoms with E-state index in [2.05, 4.69) is 42.6 Å². The van der Waals surface area contributed by atoms with Gasteiger partial charge in [-0.3, -0.25) is 0 Å². The molecule has 0 saturated carbocycles. The van der Waals surface area contributed by atoms with E-state index in [-0.39, 0.29) is 5.54 Å². The van der Waals surface area contributed by atoms with Crippen LogP contribution in [0.3, 0.4) is 0 Å². The van der Waals surface area contributed by atoms with Gasteiger partial charge in [0.2, 0.25) is 0 Å². The molecule has 1 aromatic heterocycles. The topological polar surface area (TPSA) is 29.9 Å². The highest BCUT2D eigenvalue weighted by Crippen LogP contribution is 2.27. The van der Waals surface area contributed by atoms with Gasteiger partial charge in [-0.25, -0.2) is 4.98 Å². The average Bonchev–Trinajstić information content (AvgIpc) is 2.59. The van der Waals surface area contributed by atoms with E-state index in [9.17, 15) is 0 Å². The second-order valence-corrected chi connectivity index (χ2v) is 5.72. The average molecular weight is 221 g/mol. The molecule has 2 rings (SSSR count). The van der Waals surface area contributed by atoms with E-state index < -0.39 is 0 Å². The summed E-state index contributed by atoms with van der Waals surface area (Å²) in [6, 6.07) is 0. The lowest BCUT2D eigenvalue weighted by molar-refractivity contribution is 0.348. The number of aryl methyl sites for hydroxylation is 1. The van der Waals surface area contributed by atoms with Crippen molar-refractivity contribution in [1.82, 2.24) is 14.9 Å². The fourth-order valence-corrected chi connectivity index (χ4v) is 2.47. The van der Waals surface area contributed by atoms with Crippen LogP contribution in [0.2, 0.25) is 0 Å². The second kappa shape index (κ2) is 4.21. The van der Waals surface area contributed by atoms with E-state index in [4.69, 9.17) is 0 Å². The van der Waals surface area contributed by atoms with Crippen molar-refractivity contribution in [2.24, 2.45) is 5.92 Å². The molecule has 3 nitrogen and oxygen atoms in total. The fraction of sp³-hybridized carbons (Fsp3) is 0.769. The van der Waals surface area contributed by atoms with Crippen molar-refractivity contribution in [2.45, 2.75) is 52.6 Å². The molecule has 0 radical (unpaired) electrons. The molecule has 2 heterocycles. The number of aromatic nitrogens is 2. The molecule has 0 bridgehead atoms. The number of hydrogen-bond donors (Lipinski definition) is 1.